The van der Waals surface area contributed by atoms with Crippen LogP contribution in [0.1, 0.15) is 15.9 Å². The summed E-state index contributed by atoms with van der Waals surface area (Å²) in [5, 5.41) is 2.67. The fourth-order valence-corrected chi connectivity index (χ4v) is 1.97. The molecule has 0 atom stereocenters. The third kappa shape index (κ3) is 3.55. The summed E-state index contributed by atoms with van der Waals surface area (Å²) in [6.07, 6.45) is 0. The second-order valence-corrected chi connectivity index (χ2v) is 5.13. The van der Waals surface area contributed by atoms with Crippen LogP contribution < -0.4 is 11.1 Å². The van der Waals surface area contributed by atoms with Crippen molar-refractivity contribution in [1.29, 1.82) is 0 Å². The number of anilines is 1. The van der Waals surface area contributed by atoms with Gasteiger partial charge in [0.15, 0.2) is 0 Å². The maximum absolute atomic E-state index is 13.6. The molecule has 0 aliphatic carbocycles. The summed E-state index contributed by atoms with van der Waals surface area (Å²) in [5.74, 6) is -3.34. The van der Waals surface area contributed by atoms with Crippen molar-refractivity contribution >= 4 is 27.5 Å². The van der Waals surface area contributed by atoms with Gasteiger partial charge in [0.2, 0.25) is 0 Å². The van der Waals surface area contributed by atoms with Crippen LogP contribution >= 0.6 is 15.9 Å². The van der Waals surface area contributed by atoms with Gasteiger partial charge in [-0.05, 0) is 39.7 Å². The van der Waals surface area contributed by atoms with E-state index >= 15 is 0 Å². The number of benzene rings is 2. The number of rotatable bonds is 4. The highest BCUT2D eigenvalue weighted by molar-refractivity contribution is 9.10. The first kappa shape index (κ1) is 15.4. The lowest BCUT2D eigenvalue weighted by Gasteiger charge is -2.10. The van der Waals surface area contributed by atoms with E-state index in [-0.39, 0.29) is 12.2 Å². The predicted molar refractivity (Wildman–Crippen MR) is 76.3 cm³/mol. The molecular formula is C14H10BrF3N2O. The summed E-state index contributed by atoms with van der Waals surface area (Å²) in [6, 6.07) is 5.99. The molecule has 0 spiro atoms. The number of carbonyl (C=O) groups is 1. The number of nitrogens with two attached hydrogens (primary N) is 1. The normalized spacial score (nSPS) is 10.5. The molecule has 2 aromatic rings. The minimum Gasteiger partial charge on any atom is -0.379 e. The smallest absolute Gasteiger partial charge is 0.251 e. The van der Waals surface area contributed by atoms with Gasteiger partial charge in [-0.2, -0.15) is 0 Å². The summed E-state index contributed by atoms with van der Waals surface area (Å²) < 4.78 is 40.6. The quantitative estimate of drug-likeness (QED) is 0.877. The molecule has 2 rings (SSSR count). The molecule has 21 heavy (non-hydrogen) atoms. The zero-order valence-corrected chi connectivity index (χ0v) is 12.2. The van der Waals surface area contributed by atoms with E-state index in [0.29, 0.717) is 16.1 Å². The predicted octanol–water partition coefficient (Wildman–Crippen LogP) is 3.58. The summed E-state index contributed by atoms with van der Waals surface area (Å²) >= 11 is 3.02. The van der Waals surface area contributed by atoms with Crippen LogP contribution in [0.15, 0.2) is 34.8 Å². The Morgan fingerprint density at radius 1 is 1.10 bits per heavy atom. The second-order valence-electron chi connectivity index (χ2n) is 4.28. The highest BCUT2D eigenvalue weighted by Gasteiger charge is 2.13. The third-order valence-corrected chi connectivity index (χ3v) is 3.43. The lowest BCUT2D eigenvalue weighted by molar-refractivity contribution is 0.0996. The van der Waals surface area contributed by atoms with Crippen molar-refractivity contribution in [1.82, 2.24) is 0 Å². The molecular weight excluding hydrogens is 349 g/mol. The third-order valence-electron chi connectivity index (χ3n) is 2.79. The van der Waals surface area contributed by atoms with Gasteiger partial charge >= 0.3 is 0 Å². The molecule has 0 bridgehead atoms. The molecule has 3 nitrogen and oxygen atoms in total. The number of primary amides is 1. The summed E-state index contributed by atoms with van der Waals surface area (Å²) in [4.78, 5) is 11.0. The van der Waals surface area contributed by atoms with E-state index in [2.05, 4.69) is 21.2 Å². The maximum atomic E-state index is 13.6. The molecule has 0 saturated carbocycles. The first-order valence-corrected chi connectivity index (χ1v) is 6.64. The fourth-order valence-electron chi connectivity index (χ4n) is 1.72. The van der Waals surface area contributed by atoms with E-state index in [1.165, 1.54) is 12.1 Å². The number of hydrogen-bond acceptors (Lipinski definition) is 2. The summed E-state index contributed by atoms with van der Waals surface area (Å²) in [6.45, 7) is 0.102. The lowest BCUT2D eigenvalue weighted by atomic mass is 10.1. The average molecular weight is 359 g/mol. The molecule has 0 saturated heterocycles. The SMILES string of the molecule is NC(=O)c1cc(NCc2ccc(Br)c(F)c2)c(F)cc1F. The Kier molecular flexibility index (Phi) is 4.52. The summed E-state index contributed by atoms with van der Waals surface area (Å²) in [7, 11) is 0. The summed E-state index contributed by atoms with van der Waals surface area (Å²) in [5.41, 5.74) is 5.04. The second kappa shape index (κ2) is 6.17. The highest BCUT2D eigenvalue weighted by atomic mass is 79.9. The maximum Gasteiger partial charge on any atom is 0.251 e. The Balaban J connectivity index is 2.21. The molecule has 0 fully saturated rings. The minimum atomic E-state index is -1.03. The Hall–Kier alpha value is -2.02. The van der Waals surface area contributed by atoms with Gasteiger partial charge in [0.25, 0.3) is 5.91 Å². The van der Waals surface area contributed by atoms with Crippen LogP contribution in [0.5, 0.6) is 0 Å². The van der Waals surface area contributed by atoms with E-state index < -0.39 is 28.9 Å². The van der Waals surface area contributed by atoms with Crippen LogP contribution in [0.3, 0.4) is 0 Å². The van der Waals surface area contributed by atoms with Gasteiger partial charge in [-0.15, -0.1) is 0 Å². The van der Waals surface area contributed by atoms with Crippen LogP contribution in [0.2, 0.25) is 0 Å². The van der Waals surface area contributed by atoms with Gasteiger partial charge in [0, 0.05) is 12.6 Å². The molecule has 2 aromatic carbocycles. The molecule has 0 aliphatic rings. The van der Waals surface area contributed by atoms with Crippen LogP contribution in [0.4, 0.5) is 18.9 Å². The van der Waals surface area contributed by atoms with Crippen molar-refractivity contribution in [3.63, 3.8) is 0 Å². The number of nitrogens with one attached hydrogen (secondary N) is 1. The van der Waals surface area contributed by atoms with E-state index in [9.17, 15) is 18.0 Å². The molecule has 0 aliphatic heterocycles. The zero-order valence-electron chi connectivity index (χ0n) is 10.6. The molecule has 0 radical (unpaired) electrons. The van der Waals surface area contributed by atoms with Crippen LogP contribution in [-0.4, -0.2) is 5.91 Å². The van der Waals surface area contributed by atoms with Crippen LogP contribution in [0.25, 0.3) is 0 Å². The first-order valence-electron chi connectivity index (χ1n) is 5.85. The molecule has 0 unspecified atom stereocenters. The van der Waals surface area contributed by atoms with Crippen molar-refractivity contribution in [2.45, 2.75) is 6.54 Å². The van der Waals surface area contributed by atoms with E-state index in [0.717, 1.165) is 6.07 Å². The van der Waals surface area contributed by atoms with Gasteiger partial charge < -0.3 is 11.1 Å². The van der Waals surface area contributed by atoms with Crippen LogP contribution in [0, 0.1) is 17.5 Å². The van der Waals surface area contributed by atoms with E-state index in [1.54, 1.807) is 6.07 Å². The van der Waals surface area contributed by atoms with Gasteiger partial charge in [-0.25, -0.2) is 13.2 Å². The zero-order chi connectivity index (χ0) is 15.6. The van der Waals surface area contributed by atoms with Crippen molar-refractivity contribution in [3.8, 4) is 0 Å². The molecule has 1 amide bonds. The van der Waals surface area contributed by atoms with Crippen LogP contribution in [-0.2, 0) is 6.54 Å². The number of amides is 1. The Morgan fingerprint density at radius 2 is 1.81 bits per heavy atom. The van der Waals surface area contributed by atoms with E-state index in [4.69, 9.17) is 5.73 Å². The van der Waals surface area contributed by atoms with Crippen molar-refractivity contribution in [2.24, 2.45) is 5.73 Å². The molecule has 3 N–H and O–H groups in total. The molecule has 0 heterocycles. The minimum absolute atomic E-state index is 0.0893. The first-order chi connectivity index (χ1) is 9.88. The molecule has 110 valence electrons. The largest absolute Gasteiger partial charge is 0.379 e. The Labute approximate surface area is 127 Å². The topological polar surface area (TPSA) is 55.1 Å². The fraction of sp³-hybridized carbons (Fsp3) is 0.0714. The molecule has 0 aromatic heterocycles. The standard InChI is InChI=1S/C14H10BrF3N2O/c15-9-2-1-7(3-11(9)17)6-20-13-4-8(14(19)21)10(16)5-12(13)18/h1-5,20H,6H2,(H2,19,21). The van der Waals surface area contributed by atoms with Gasteiger partial charge in [-0.1, -0.05) is 6.07 Å². The Bertz CT molecular complexity index is 707. The van der Waals surface area contributed by atoms with Crippen molar-refractivity contribution < 1.29 is 18.0 Å². The molecule has 7 heteroatoms. The number of hydrogen-bond donors (Lipinski definition) is 2. The highest BCUT2D eigenvalue weighted by Crippen LogP contribution is 2.21. The number of carbonyl (C=O) groups excluding carboxylic acids is 1. The monoisotopic (exact) mass is 358 g/mol. The van der Waals surface area contributed by atoms with Gasteiger partial charge in [0.05, 0.1) is 15.7 Å². The van der Waals surface area contributed by atoms with E-state index in [1.807, 2.05) is 0 Å². The number of halogens is 4. The lowest BCUT2D eigenvalue weighted by Crippen LogP contribution is -2.14. The van der Waals surface area contributed by atoms with Crippen molar-refractivity contribution in [2.75, 3.05) is 5.32 Å². The van der Waals surface area contributed by atoms with Gasteiger partial charge in [0.1, 0.15) is 17.5 Å². The Morgan fingerprint density at radius 3 is 2.43 bits per heavy atom. The average Bonchev–Trinajstić information content (AvgIpc) is 2.41. The van der Waals surface area contributed by atoms with Crippen molar-refractivity contribution in [3.05, 3.63) is 63.4 Å². The van der Waals surface area contributed by atoms with Gasteiger partial charge in [-0.3, -0.25) is 4.79 Å².